The summed E-state index contributed by atoms with van der Waals surface area (Å²) in [6.45, 7) is 7.69. The molecular weight excluding hydrogens is 429 g/mol. The van der Waals surface area contributed by atoms with Gasteiger partial charge in [-0.3, -0.25) is 22.1 Å². The number of nitro groups is 1. The van der Waals surface area contributed by atoms with Crippen molar-refractivity contribution < 1.29 is 37.6 Å². The Morgan fingerprint density at radius 2 is 1.71 bits per heavy atom. The second-order valence-corrected chi connectivity index (χ2v) is 6.38. The van der Waals surface area contributed by atoms with Gasteiger partial charge in [-0.1, -0.05) is 12.1 Å². The van der Waals surface area contributed by atoms with Crippen LogP contribution in [0.2, 0.25) is 0 Å². The monoisotopic (exact) mass is 451 g/mol. The molecule has 7 heteroatoms. The van der Waals surface area contributed by atoms with Gasteiger partial charge in [0.25, 0.3) is 0 Å². The third-order valence-corrected chi connectivity index (χ3v) is 4.46. The first-order valence-corrected chi connectivity index (χ1v) is 8.75. The molecule has 28 heavy (non-hydrogen) atoms. The van der Waals surface area contributed by atoms with E-state index in [1.165, 1.54) is 23.2 Å². The Hall–Kier alpha value is -2.02. The van der Waals surface area contributed by atoms with E-state index in [0.717, 1.165) is 31.7 Å². The standard InChI is InChI=1S/C14H16N3.C7H6NO2.Y/c1-16-8-10-17(11-9-16)14-6-2-5-13-12(14)4-3-7-15-13;1-6-3-2-4-7(5-6)8(9)10;/h2-7H,1,8-11H2;2-5H,1H2;/q2*-1;. The third kappa shape index (κ3) is 5.74. The summed E-state index contributed by atoms with van der Waals surface area (Å²) in [5.41, 5.74) is 3.12. The molecule has 1 aliphatic heterocycles. The summed E-state index contributed by atoms with van der Waals surface area (Å²) >= 11 is 0. The Bertz CT molecular complexity index is 922. The van der Waals surface area contributed by atoms with Crippen LogP contribution in [0.5, 0.6) is 0 Å². The minimum absolute atomic E-state index is 0. The minimum Gasteiger partial charge on any atom is -0.456 e. The molecule has 4 rings (SSSR count). The molecule has 1 radical (unpaired) electrons. The van der Waals surface area contributed by atoms with Crippen LogP contribution in [0.4, 0.5) is 11.4 Å². The zero-order valence-corrected chi connectivity index (χ0v) is 18.5. The maximum absolute atomic E-state index is 10.1. The van der Waals surface area contributed by atoms with Gasteiger partial charge in [0.2, 0.25) is 5.69 Å². The molecule has 1 aliphatic rings. The van der Waals surface area contributed by atoms with Crippen molar-refractivity contribution in [1.82, 2.24) is 9.88 Å². The van der Waals surface area contributed by atoms with Crippen LogP contribution < -0.4 is 4.90 Å². The van der Waals surface area contributed by atoms with Gasteiger partial charge in [-0.05, 0) is 43.4 Å². The van der Waals surface area contributed by atoms with Crippen molar-refractivity contribution in [1.29, 1.82) is 0 Å². The first-order chi connectivity index (χ1) is 13.0. The van der Waals surface area contributed by atoms with Crippen molar-refractivity contribution in [2.24, 2.45) is 0 Å². The molecule has 0 aliphatic carbocycles. The number of nitro benzene ring substituents is 1. The van der Waals surface area contributed by atoms with Crippen LogP contribution in [0.25, 0.3) is 10.9 Å². The molecule has 0 unspecified atom stereocenters. The normalized spacial score (nSPS) is 14.0. The number of piperazine rings is 1. The Labute approximate surface area is 190 Å². The maximum atomic E-state index is 10.1. The Morgan fingerprint density at radius 1 is 1.00 bits per heavy atom. The number of non-ortho nitro benzene ring substituents is 1. The number of hydrogen-bond donors (Lipinski definition) is 0. The van der Waals surface area contributed by atoms with Crippen molar-refractivity contribution in [3.05, 3.63) is 90.4 Å². The summed E-state index contributed by atoms with van der Waals surface area (Å²) in [5, 5.41) is 11.4. The number of nitrogens with zero attached hydrogens (tertiary/aromatic N) is 4. The van der Waals surface area contributed by atoms with Crippen molar-refractivity contribution in [3.63, 3.8) is 0 Å². The predicted octanol–water partition coefficient (Wildman–Crippen LogP) is 3.92. The molecule has 2 heterocycles. The maximum Gasteiger partial charge on any atom is 0.216 e. The summed E-state index contributed by atoms with van der Waals surface area (Å²) in [6.07, 6.45) is 1.85. The number of benzene rings is 2. The van der Waals surface area contributed by atoms with Crippen LogP contribution in [0.1, 0.15) is 5.56 Å². The molecule has 0 spiro atoms. The summed E-state index contributed by atoms with van der Waals surface area (Å²) in [6, 6.07) is 16.7. The van der Waals surface area contributed by atoms with Crippen molar-refractivity contribution in [2.45, 2.75) is 0 Å². The molecule has 1 aromatic heterocycles. The molecule has 1 fully saturated rings. The van der Waals surface area contributed by atoms with Gasteiger partial charge >= 0.3 is 0 Å². The van der Waals surface area contributed by atoms with Crippen LogP contribution in [-0.2, 0) is 32.7 Å². The summed E-state index contributed by atoms with van der Waals surface area (Å²) in [5.74, 6) is 0. The first-order valence-electron chi connectivity index (χ1n) is 8.75. The summed E-state index contributed by atoms with van der Waals surface area (Å²) in [7, 11) is 3.98. The predicted molar refractivity (Wildman–Crippen MR) is 108 cm³/mol. The topological polar surface area (TPSA) is 62.5 Å². The van der Waals surface area contributed by atoms with E-state index in [-0.39, 0.29) is 38.4 Å². The minimum atomic E-state index is -0.436. The smallest absolute Gasteiger partial charge is 0.216 e. The zero-order chi connectivity index (χ0) is 19.2. The number of rotatable bonds is 2. The average Bonchev–Trinajstić information content (AvgIpc) is 2.69. The Morgan fingerprint density at radius 3 is 2.36 bits per heavy atom. The van der Waals surface area contributed by atoms with Gasteiger partial charge in [0.05, 0.1) is 5.52 Å². The fourth-order valence-electron chi connectivity index (χ4n) is 3.02. The second-order valence-electron chi connectivity index (χ2n) is 6.38. The van der Waals surface area contributed by atoms with E-state index in [9.17, 15) is 10.1 Å². The fourth-order valence-corrected chi connectivity index (χ4v) is 3.02. The van der Waals surface area contributed by atoms with Gasteiger partial charge in [0.15, 0.2) is 0 Å². The number of hydrogen-bond acceptors (Lipinski definition) is 5. The number of anilines is 1. The summed E-state index contributed by atoms with van der Waals surface area (Å²) in [4.78, 5) is 18.6. The second kappa shape index (κ2) is 10.5. The van der Waals surface area contributed by atoms with Crippen LogP contribution in [0.15, 0.2) is 60.8 Å². The average molecular weight is 451 g/mol. The van der Waals surface area contributed by atoms with E-state index in [4.69, 9.17) is 0 Å². The van der Waals surface area contributed by atoms with Gasteiger partial charge in [-0.2, -0.15) is 18.6 Å². The van der Waals surface area contributed by atoms with Crippen LogP contribution in [0.3, 0.4) is 0 Å². The van der Waals surface area contributed by atoms with Crippen molar-refractivity contribution in [2.75, 3.05) is 31.1 Å². The van der Waals surface area contributed by atoms with Gasteiger partial charge in [-0.15, -0.1) is 6.07 Å². The SMILES string of the molecule is [CH2-]N1CCN(c2cccc3ncccc23)CC1.[CH2-]c1cccc([N+](=O)[O-])c1.[Y]. The summed E-state index contributed by atoms with van der Waals surface area (Å²) < 4.78 is 0. The van der Waals surface area contributed by atoms with E-state index >= 15 is 0 Å². The van der Waals surface area contributed by atoms with E-state index in [0.29, 0.717) is 5.56 Å². The van der Waals surface area contributed by atoms with E-state index in [2.05, 4.69) is 53.0 Å². The van der Waals surface area contributed by atoms with Gasteiger partial charge in [0.1, 0.15) is 0 Å². The molecule has 2 aromatic carbocycles. The molecule has 0 atom stereocenters. The molecule has 0 bridgehead atoms. The number of fused-ring (bicyclic) bond motifs is 1. The Kier molecular flexibility index (Phi) is 8.36. The number of pyridine rings is 1. The van der Waals surface area contributed by atoms with Gasteiger partial charge in [-0.25, -0.2) is 0 Å². The molecule has 143 valence electrons. The zero-order valence-electron chi connectivity index (χ0n) is 15.7. The fraction of sp³-hybridized carbons (Fsp3) is 0.190. The third-order valence-electron chi connectivity index (χ3n) is 4.46. The van der Waals surface area contributed by atoms with E-state index in [1.54, 1.807) is 12.1 Å². The Balaban J connectivity index is 0.000000221. The molecule has 1 saturated heterocycles. The van der Waals surface area contributed by atoms with Crippen molar-refractivity contribution in [3.8, 4) is 0 Å². The molecule has 6 nitrogen and oxygen atoms in total. The molecule has 0 N–H and O–H groups in total. The first kappa shape index (κ1) is 22.3. The van der Waals surface area contributed by atoms with E-state index < -0.39 is 4.92 Å². The van der Waals surface area contributed by atoms with Gasteiger partial charge < -0.3 is 9.80 Å². The van der Waals surface area contributed by atoms with Crippen molar-refractivity contribution >= 4 is 22.3 Å². The largest absolute Gasteiger partial charge is 0.456 e. The molecule has 0 amide bonds. The van der Waals surface area contributed by atoms with Crippen LogP contribution >= 0.6 is 0 Å². The quantitative estimate of drug-likeness (QED) is 0.336. The van der Waals surface area contributed by atoms with Crippen LogP contribution in [-0.4, -0.2) is 41.0 Å². The molecular formula is C21H22N4O2Y-2. The number of aromatic nitrogens is 1. The van der Waals surface area contributed by atoms with Crippen LogP contribution in [0, 0.1) is 24.1 Å². The van der Waals surface area contributed by atoms with Gasteiger partial charge in [0, 0.05) is 68.0 Å². The molecule has 0 saturated carbocycles. The van der Waals surface area contributed by atoms with E-state index in [1.807, 2.05) is 12.3 Å². The molecule has 3 aromatic rings.